The maximum atomic E-state index is 13.6. The van der Waals surface area contributed by atoms with Crippen LogP contribution in [0.3, 0.4) is 0 Å². The van der Waals surface area contributed by atoms with Crippen molar-refractivity contribution < 1.29 is 28.8 Å². The van der Waals surface area contributed by atoms with Crippen molar-refractivity contribution in [1.29, 1.82) is 0 Å². The Morgan fingerprint density at radius 3 is 2.20 bits per heavy atom. The molecule has 0 spiro atoms. The number of aromatic nitrogens is 1. The van der Waals surface area contributed by atoms with Crippen molar-refractivity contribution in [2.45, 2.75) is 64.7 Å². The lowest BCUT2D eigenvalue weighted by molar-refractivity contribution is -0.127. The van der Waals surface area contributed by atoms with E-state index in [0.29, 0.717) is 11.1 Å². The molecule has 0 saturated heterocycles. The average Bonchev–Trinajstić information content (AvgIpc) is 2.94. The predicted octanol–water partition coefficient (Wildman–Crippen LogP) is 1.91. The van der Waals surface area contributed by atoms with Crippen LogP contribution in [0.4, 0.5) is 4.79 Å². The number of pyridine rings is 1. The first-order valence-corrected chi connectivity index (χ1v) is 17.0. The molecule has 7 N–H and O–H groups in total. The van der Waals surface area contributed by atoms with E-state index in [1.807, 2.05) is 46.8 Å². The standard InChI is InChI=1S/C32H44N6O6Si/c1-21(2)19-38(31(42)37-32(3,4)5)20-45(43,44)28(17-22-11-7-6-8-12-22)36-30(41)26(18-27(33)39)35-29(40)25-16-15-23-13-9-10-14-24(23)34-25/h6-16,21,26,28,43-44H,17-20H2,1-5H3,(H2,33,39)(H,35,40)(H,36,41)(H,37,42)/t26-,28+/m0/s1. The first kappa shape index (κ1) is 35.1. The lowest BCUT2D eigenvalue weighted by Gasteiger charge is -2.36. The number of amides is 5. The molecule has 0 radical (unpaired) electrons. The number of para-hydroxylation sites is 1. The van der Waals surface area contributed by atoms with Crippen molar-refractivity contribution in [2.75, 3.05) is 12.7 Å². The number of nitrogens with one attached hydrogen (secondary N) is 3. The van der Waals surface area contributed by atoms with Crippen LogP contribution in [0.25, 0.3) is 10.9 Å². The molecule has 1 aromatic heterocycles. The highest BCUT2D eigenvalue weighted by molar-refractivity contribution is 6.67. The van der Waals surface area contributed by atoms with Crippen LogP contribution in [0.15, 0.2) is 66.7 Å². The molecule has 5 amide bonds. The van der Waals surface area contributed by atoms with Gasteiger partial charge in [0, 0.05) is 17.5 Å². The minimum absolute atomic E-state index is 0.0153. The molecule has 242 valence electrons. The SMILES string of the molecule is CC(C)CN(C[Si](O)(O)[C@H](Cc1ccccc1)NC(=O)[C@H](CC(N)=O)NC(=O)c1ccc2ccccc2n1)C(=O)NC(C)(C)C. The van der Waals surface area contributed by atoms with Crippen LogP contribution >= 0.6 is 0 Å². The summed E-state index contributed by atoms with van der Waals surface area (Å²) in [6, 6.07) is 17.4. The third kappa shape index (κ3) is 11.0. The van der Waals surface area contributed by atoms with Gasteiger partial charge < -0.3 is 36.2 Å². The number of nitrogens with zero attached hydrogens (tertiary/aromatic N) is 2. The summed E-state index contributed by atoms with van der Waals surface area (Å²) in [5, 5.41) is 8.87. The molecule has 0 saturated carbocycles. The van der Waals surface area contributed by atoms with Crippen LogP contribution in [0, 0.1) is 5.92 Å². The first-order valence-electron chi connectivity index (χ1n) is 14.8. The zero-order chi connectivity index (χ0) is 33.4. The van der Waals surface area contributed by atoms with Crippen molar-refractivity contribution in [2.24, 2.45) is 11.7 Å². The molecular weight excluding hydrogens is 592 g/mol. The molecule has 0 aliphatic rings. The summed E-state index contributed by atoms with van der Waals surface area (Å²) in [4.78, 5) is 80.8. The summed E-state index contributed by atoms with van der Waals surface area (Å²) < 4.78 is 0. The second-order valence-corrected chi connectivity index (χ2v) is 15.4. The van der Waals surface area contributed by atoms with Crippen LogP contribution in [0.2, 0.25) is 0 Å². The quantitative estimate of drug-likeness (QED) is 0.155. The Labute approximate surface area is 264 Å². The van der Waals surface area contributed by atoms with Crippen LogP contribution in [0.1, 0.15) is 57.1 Å². The smallest absolute Gasteiger partial charge is 0.376 e. The van der Waals surface area contributed by atoms with Crippen molar-refractivity contribution in [1.82, 2.24) is 25.8 Å². The van der Waals surface area contributed by atoms with Gasteiger partial charge >= 0.3 is 14.6 Å². The van der Waals surface area contributed by atoms with E-state index in [4.69, 9.17) is 5.73 Å². The highest BCUT2D eigenvalue weighted by Gasteiger charge is 2.45. The lowest BCUT2D eigenvalue weighted by Crippen LogP contribution is -2.67. The topological polar surface area (TPSA) is 187 Å². The fourth-order valence-corrected chi connectivity index (χ4v) is 6.73. The number of benzene rings is 2. The number of nitrogens with two attached hydrogens (primary N) is 1. The summed E-state index contributed by atoms with van der Waals surface area (Å²) >= 11 is 0. The van der Waals surface area contributed by atoms with E-state index in [0.717, 1.165) is 5.39 Å². The summed E-state index contributed by atoms with van der Waals surface area (Å²) in [5.74, 6) is -2.37. The van der Waals surface area contributed by atoms with E-state index in [-0.39, 0.29) is 24.6 Å². The minimum Gasteiger partial charge on any atom is -0.408 e. The van der Waals surface area contributed by atoms with E-state index < -0.39 is 62.1 Å². The fraction of sp³-hybridized carbons (Fsp3) is 0.406. The molecule has 2 atom stereocenters. The molecule has 0 aliphatic carbocycles. The van der Waals surface area contributed by atoms with E-state index in [9.17, 15) is 28.8 Å². The maximum Gasteiger partial charge on any atom is 0.376 e. The summed E-state index contributed by atoms with van der Waals surface area (Å²) in [6.07, 6.45) is -0.924. The largest absolute Gasteiger partial charge is 0.408 e. The van der Waals surface area contributed by atoms with Crippen molar-refractivity contribution in [3.05, 3.63) is 78.0 Å². The van der Waals surface area contributed by atoms with Gasteiger partial charge in [-0.3, -0.25) is 14.4 Å². The lowest BCUT2D eigenvalue weighted by atomic mass is 10.1. The molecule has 2 aromatic carbocycles. The van der Waals surface area contributed by atoms with E-state index >= 15 is 0 Å². The second-order valence-electron chi connectivity index (χ2n) is 12.7. The molecule has 45 heavy (non-hydrogen) atoms. The van der Waals surface area contributed by atoms with Gasteiger partial charge in [0.05, 0.1) is 23.8 Å². The molecular formula is C32H44N6O6Si. The van der Waals surface area contributed by atoms with Crippen LogP contribution in [-0.4, -0.2) is 81.7 Å². The van der Waals surface area contributed by atoms with Crippen molar-refractivity contribution >= 4 is 43.2 Å². The monoisotopic (exact) mass is 636 g/mol. The van der Waals surface area contributed by atoms with Gasteiger partial charge in [-0.05, 0) is 50.8 Å². The maximum absolute atomic E-state index is 13.6. The minimum atomic E-state index is -4.47. The normalized spacial score (nSPS) is 13.2. The number of rotatable bonds is 13. The van der Waals surface area contributed by atoms with Crippen molar-refractivity contribution in [3.63, 3.8) is 0 Å². The molecule has 12 nitrogen and oxygen atoms in total. The highest BCUT2D eigenvalue weighted by Crippen LogP contribution is 2.16. The van der Waals surface area contributed by atoms with Gasteiger partial charge in [-0.15, -0.1) is 0 Å². The van der Waals surface area contributed by atoms with Gasteiger partial charge in [-0.25, -0.2) is 9.78 Å². The van der Waals surface area contributed by atoms with Crippen molar-refractivity contribution in [3.8, 4) is 0 Å². The molecule has 0 unspecified atom stereocenters. The van der Waals surface area contributed by atoms with Gasteiger partial charge in [0.2, 0.25) is 11.8 Å². The zero-order valence-corrected chi connectivity index (χ0v) is 27.4. The number of carbonyl (C=O) groups is 4. The summed E-state index contributed by atoms with van der Waals surface area (Å²) in [5.41, 5.74) is 4.93. The Kier molecular flexibility index (Phi) is 11.8. The highest BCUT2D eigenvalue weighted by atomic mass is 28.4. The third-order valence-corrected chi connectivity index (χ3v) is 9.11. The van der Waals surface area contributed by atoms with Gasteiger partial charge in [-0.2, -0.15) is 0 Å². The van der Waals surface area contributed by atoms with E-state index in [1.54, 1.807) is 48.5 Å². The number of carbonyl (C=O) groups excluding carboxylic acids is 4. The Bertz CT molecular complexity index is 1490. The number of hydrogen-bond acceptors (Lipinski definition) is 7. The predicted molar refractivity (Wildman–Crippen MR) is 174 cm³/mol. The number of hydrogen-bond donors (Lipinski definition) is 6. The van der Waals surface area contributed by atoms with Crippen LogP contribution in [-0.2, 0) is 16.0 Å². The fourth-order valence-electron chi connectivity index (χ4n) is 4.74. The Balaban J connectivity index is 1.89. The first-order chi connectivity index (χ1) is 21.0. The summed E-state index contributed by atoms with van der Waals surface area (Å²) in [7, 11) is -4.47. The van der Waals surface area contributed by atoms with Crippen LogP contribution in [0.5, 0.6) is 0 Å². The molecule has 3 rings (SSSR count). The molecule has 13 heteroatoms. The zero-order valence-electron chi connectivity index (χ0n) is 26.4. The Hall–Kier alpha value is -4.33. The number of fused-ring (bicyclic) bond motifs is 1. The van der Waals surface area contributed by atoms with E-state index in [2.05, 4.69) is 20.9 Å². The Morgan fingerprint density at radius 2 is 1.58 bits per heavy atom. The molecule has 0 fully saturated rings. The van der Waals surface area contributed by atoms with E-state index in [1.165, 1.54) is 11.0 Å². The van der Waals surface area contributed by atoms with Gasteiger partial charge in [0.1, 0.15) is 11.7 Å². The molecule has 3 aromatic rings. The van der Waals surface area contributed by atoms with Gasteiger partial charge in [0.15, 0.2) is 0 Å². The molecule has 0 bridgehead atoms. The second kappa shape index (κ2) is 15.1. The average molecular weight is 637 g/mol. The third-order valence-electron chi connectivity index (χ3n) is 6.79. The number of urea groups is 1. The Morgan fingerprint density at radius 1 is 0.933 bits per heavy atom. The number of primary amides is 1. The molecule has 1 heterocycles. The summed E-state index contributed by atoms with van der Waals surface area (Å²) in [6.45, 7) is 9.50. The van der Waals surface area contributed by atoms with Gasteiger partial charge in [-0.1, -0.05) is 68.4 Å². The van der Waals surface area contributed by atoms with Crippen LogP contribution < -0.4 is 21.7 Å². The molecule has 0 aliphatic heterocycles. The van der Waals surface area contributed by atoms with Gasteiger partial charge in [0.25, 0.3) is 5.91 Å².